The Morgan fingerprint density at radius 3 is 2.89 bits per heavy atom. The second-order valence-electron chi connectivity index (χ2n) is 4.10. The Labute approximate surface area is 109 Å². The monoisotopic (exact) mass is 253 g/mol. The first-order chi connectivity index (χ1) is 8.86. The number of fused-ring (bicyclic) bond motifs is 1. The lowest BCUT2D eigenvalue weighted by Gasteiger charge is -2.03. The Balaban J connectivity index is 1.94. The fraction of sp³-hybridized carbons (Fsp3) is 0.143. The number of benzene rings is 1. The first-order valence-electron chi connectivity index (χ1n) is 5.73. The molecule has 0 aliphatic heterocycles. The summed E-state index contributed by atoms with van der Waals surface area (Å²) in [6.45, 7) is 0. The van der Waals surface area contributed by atoms with E-state index in [9.17, 15) is 5.26 Å². The van der Waals surface area contributed by atoms with E-state index < -0.39 is 0 Å². The molecule has 2 aromatic heterocycles. The average molecular weight is 253 g/mol. The fourth-order valence-electron chi connectivity index (χ4n) is 1.97. The minimum absolute atomic E-state index is 0.212. The number of rotatable bonds is 3. The number of H-pyrrole nitrogens is 1. The number of thiophene rings is 1. The van der Waals surface area contributed by atoms with Crippen molar-refractivity contribution >= 4 is 22.4 Å². The molecule has 1 unspecified atom stereocenters. The minimum atomic E-state index is -0.212. The van der Waals surface area contributed by atoms with E-state index in [4.69, 9.17) is 0 Å². The van der Waals surface area contributed by atoms with Gasteiger partial charge in [0.1, 0.15) is 11.7 Å². The predicted molar refractivity (Wildman–Crippen MR) is 72.5 cm³/mol. The van der Waals surface area contributed by atoms with Crippen LogP contribution in [0, 0.1) is 11.3 Å². The number of hydrogen-bond acceptors (Lipinski definition) is 3. The van der Waals surface area contributed by atoms with Gasteiger partial charge in [0.05, 0.1) is 17.1 Å². The van der Waals surface area contributed by atoms with Crippen molar-refractivity contribution in [1.29, 1.82) is 5.26 Å². The molecule has 88 valence electrons. The van der Waals surface area contributed by atoms with Gasteiger partial charge in [0.2, 0.25) is 0 Å². The van der Waals surface area contributed by atoms with Gasteiger partial charge in [-0.25, -0.2) is 4.98 Å². The Morgan fingerprint density at radius 1 is 1.28 bits per heavy atom. The van der Waals surface area contributed by atoms with Gasteiger partial charge in [-0.2, -0.15) is 5.26 Å². The third kappa shape index (κ3) is 2.01. The van der Waals surface area contributed by atoms with Crippen LogP contribution in [0.3, 0.4) is 0 Å². The van der Waals surface area contributed by atoms with Gasteiger partial charge in [0, 0.05) is 11.3 Å². The van der Waals surface area contributed by atoms with E-state index in [-0.39, 0.29) is 5.92 Å². The summed E-state index contributed by atoms with van der Waals surface area (Å²) in [6, 6.07) is 14.2. The van der Waals surface area contributed by atoms with Crippen molar-refractivity contribution in [3.63, 3.8) is 0 Å². The van der Waals surface area contributed by atoms with E-state index in [0.29, 0.717) is 6.42 Å². The van der Waals surface area contributed by atoms with Crippen LogP contribution in [0.2, 0.25) is 0 Å². The van der Waals surface area contributed by atoms with E-state index in [1.807, 2.05) is 35.7 Å². The highest BCUT2D eigenvalue weighted by Gasteiger charge is 2.16. The first-order valence-corrected chi connectivity index (χ1v) is 6.61. The summed E-state index contributed by atoms with van der Waals surface area (Å²) in [5, 5.41) is 11.3. The molecule has 1 aromatic carbocycles. The summed E-state index contributed by atoms with van der Waals surface area (Å²) >= 11 is 1.68. The SMILES string of the molecule is N#CC(Cc1cccs1)c1nc2ccccc2[nH]1. The molecule has 0 amide bonds. The summed E-state index contributed by atoms with van der Waals surface area (Å²) in [7, 11) is 0. The molecule has 0 saturated heterocycles. The van der Waals surface area contributed by atoms with Gasteiger partial charge in [0.25, 0.3) is 0 Å². The lowest BCUT2D eigenvalue weighted by Crippen LogP contribution is -2.01. The van der Waals surface area contributed by atoms with E-state index in [0.717, 1.165) is 16.9 Å². The molecule has 18 heavy (non-hydrogen) atoms. The van der Waals surface area contributed by atoms with Crippen molar-refractivity contribution in [2.24, 2.45) is 0 Å². The van der Waals surface area contributed by atoms with Crippen molar-refractivity contribution in [3.05, 3.63) is 52.5 Å². The molecular weight excluding hydrogens is 242 g/mol. The Morgan fingerprint density at radius 2 is 2.17 bits per heavy atom. The highest BCUT2D eigenvalue weighted by atomic mass is 32.1. The maximum atomic E-state index is 9.30. The van der Waals surface area contributed by atoms with E-state index in [1.165, 1.54) is 4.88 Å². The number of imidazole rings is 1. The summed E-state index contributed by atoms with van der Waals surface area (Å²) in [4.78, 5) is 8.93. The summed E-state index contributed by atoms with van der Waals surface area (Å²) in [5.41, 5.74) is 1.90. The van der Waals surface area contributed by atoms with E-state index >= 15 is 0 Å². The predicted octanol–water partition coefficient (Wildman–Crippen LogP) is 3.47. The van der Waals surface area contributed by atoms with Gasteiger partial charge < -0.3 is 4.98 Å². The summed E-state index contributed by atoms with van der Waals surface area (Å²) in [5.74, 6) is 0.545. The number of aromatic nitrogens is 2. The van der Waals surface area contributed by atoms with Crippen LogP contribution < -0.4 is 0 Å². The number of hydrogen-bond donors (Lipinski definition) is 1. The number of nitriles is 1. The van der Waals surface area contributed by atoms with Crippen molar-refractivity contribution in [3.8, 4) is 6.07 Å². The highest BCUT2D eigenvalue weighted by molar-refractivity contribution is 7.09. The van der Waals surface area contributed by atoms with Crippen molar-refractivity contribution in [2.75, 3.05) is 0 Å². The van der Waals surface area contributed by atoms with Crippen LogP contribution in [0.4, 0.5) is 0 Å². The Hall–Kier alpha value is -2.12. The lowest BCUT2D eigenvalue weighted by molar-refractivity contribution is 0.803. The van der Waals surface area contributed by atoms with E-state index in [1.54, 1.807) is 11.3 Å². The summed E-state index contributed by atoms with van der Waals surface area (Å²) in [6.07, 6.45) is 0.716. The van der Waals surface area contributed by atoms with Gasteiger partial charge in [-0.3, -0.25) is 0 Å². The van der Waals surface area contributed by atoms with Crippen LogP contribution in [-0.2, 0) is 6.42 Å². The van der Waals surface area contributed by atoms with Crippen molar-refractivity contribution in [1.82, 2.24) is 9.97 Å². The van der Waals surface area contributed by atoms with Crippen LogP contribution in [-0.4, -0.2) is 9.97 Å². The zero-order valence-electron chi connectivity index (χ0n) is 9.63. The first kappa shape index (κ1) is 11.0. The highest BCUT2D eigenvalue weighted by Crippen LogP contribution is 2.23. The third-order valence-electron chi connectivity index (χ3n) is 2.88. The Bertz CT molecular complexity index is 658. The van der Waals surface area contributed by atoms with Crippen LogP contribution in [0.1, 0.15) is 16.6 Å². The molecule has 3 nitrogen and oxygen atoms in total. The maximum absolute atomic E-state index is 9.30. The number of para-hydroxylation sites is 2. The van der Waals surface area contributed by atoms with Gasteiger partial charge in [-0.15, -0.1) is 11.3 Å². The largest absolute Gasteiger partial charge is 0.341 e. The molecule has 0 bridgehead atoms. The number of aromatic amines is 1. The number of nitrogens with one attached hydrogen (secondary N) is 1. The molecule has 0 fully saturated rings. The fourth-order valence-corrected chi connectivity index (χ4v) is 2.72. The van der Waals surface area contributed by atoms with Gasteiger partial charge >= 0.3 is 0 Å². The maximum Gasteiger partial charge on any atom is 0.125 e. The van der Waals surface area contributed by atoms with Crippen LogP contribution in [0.15, 0.2) is 41.8 Å². The minimum Gasteiger partial charge on any atom is -0.341 e. The molecule has 3 aromatic rings. The molecule has 2 heterocycles. The molecule has 0 aliphatic carbocycles. The van der Waals surface area contributed by atoms with Gasteiger partial charge in [-0.05, 0) is 23.6 Å². The molecule has 4 heteroatoms. The van der Waals surface area contributed by atoms with Gasteiger partial charge in [0.15, 0.2) is 0 Å². The zero-order chi connectivity index (χ0) is 12.4. The number of nitrogens with zero attached hydrogens (tertiary/aromatic N) is 2. The Kier molecular flexibility index (Phi) is 2.83. The van der Waals surface area contributed by atoms with Crippen LogP contribution in [0.25, 0.3) is 11.0 Å². The molecule has 1 atom stereocenters. The molecule has 0 radical (unpaired) electrons. The third-order valence-corrected chi connectivity index (χ3v) is 3.78. The second kappa shape index (κ2) is 4.63. The molecular formula is C14H11N3S. The normalized spacial score (nSPS) is 12.4. The van der Waals surface area contributed by atoms with E-state index in [2.05, 4.69) is 22.1 Å². The van der Waals surface area contributed by atoms with Crippen molar-refractivity contribution in [2.45, 2.75) is 12.3 Å². The zero-order valence-corrected chi connectivity index (χ0v) is 10.4. The molecule has 0 aliphatic rings. The standard InChI is InChI=1S/C14H11N3S/c15-9-10(8-11-4-3-7-18-11)14-16-12-5-1-2-6-13(12)17-14/h1-7,10H,8H2,(H,16,17). The molecule has 0 spiro atoms. The van der Waals surface area contributed by atoms with Gasteiger partial charge in [-0.1, -0.05) is 18.2 Å². The molecule has 0 saturated carbocycles. The second-order valence-corrected chi connectivity index (χ2v) is 5.14. The van der Waals surface area contributed by atoms with Crippen LogP contribution >= 0.6 is 11.3 Å². The summed E-state index contributed by atoms with van der Waals surface area (Å²) < 4.78 is 0. The van der Waals surface area contributed by atoms with Crippen LogP contribution in [0.5, 0.6) is 0 Å². The topological polar surface area (TPSA) is 52.5 Å². The molecule has 1 N–H and O–H groups in total. The van der Waals surface area contributed by atoms with Crippen molar-refractivity contribution < 1.29 is 0 Å². The lowest BCUT2D eigenvalue weighted by atomic mass is 10.1. The molecule has 3 rings (SSSR count). The smallest absolute Gasteiger partial charge is 0.125 e. The average Bonchev–Trinajstić information content (AvgIpc) is 3.04. The quantitative estimate of drug-likeness (QED) is 0.777.